The van der Waals surface area contributed by atoms with Gasteiger partial charge in [-0.15, -0.1) is 0 Å². The van der Waals surface area contributed by atoms with Crippen molar-refractivity contribution in [3.8, 4) is 5.75 Å². The Morgan fingerprint density at radius 1 is 1.16 bits per heavy atom. The van der Waals surface area contributed by atoms with Crippen molar-refractivity contribution in [2.45, 2.75) is 6.92 Å². The summed E-state index contributed by atoms with van der Waals surface area (Å²) in [5.41, 5.74) is 2.61. The van der Waals surface area contributed by atoms with Crippen molar-refractivity contribution in [3.05, 3.63) is 57.2 Å². The van der Waals surface area contributed by atoms with Crippen LogP contribution in [0.15, 0.2) is 42.5 Å². The van der Waals surface area contributed by atoms with Crippen LogP contribution in [0.5, 0.6) is 5.75 Å². The minimum atomic E-state index is -0.121. The highest BCUT2D eigenvalue weighted by Gasteiger charge is 2.08. The molecule has 0 saturated heterocycles. The summed E-state index contributed by atoms with van der Waals surface area (Å²) in [5.74, 6) is 0.617. The molecule has 19 heavy (non-hydrogen) atoms. The first-order chi connectivity index (χ1) is 9.10. The number of hydrogen-bond donors (Lipinski definition) is 1. The van der Waals surface area contributed by atoms with Crippen LogP contribution < -0.4 is 10.1 Å². The molecule has 2 aromatic carbocycles. The Morgan fingerprint density at radius 2 is 1.84 bits per heavy atom. The van der Waals surface area contributed by atoms with Gasteiger partial charge in [-0.05, 0) is 71.5 Å². The molecule has 0 aliphatic rings. The van der Waals surface area contributed by atoms with Crippen LogP contribution in [-0.4, -0.2) is 13.0 Å². The van der Waals surface area contributed by atoms with Gasteiger partial charge in [0.25, 0.3) is 5.91 Å². The van der Waals surface area contributed by atoms with E-state index in [0.29, 0.717) is 5.56 Å². The monoisotopic (exact) mass is 367 g/mol. The van der Waals surface area contributed by atoms with Crippen molar-refractivity contribution in [1.29, 1.82) is 0 Å². The van der Waals surface area contributed by atoms with E-state index in [2.05, 4.69) is 27.9 Å². The molecule has 98 valence electrons. The van der Waals surface area contributed by atoms with E-state index in [1.807, 2.05) is 25.1 Å². The van der Waals surface area contributed by atoms with Gasteiger partial charge >= 0.3 is 0 Å². The lowest BCUT2D eigenvalue weighted by molar-refractivity contribution is 0.102. The van der Waals surface area contributed by atoms with Crippen molar-refractivity contribution in [2.75, 3.05) is 12.4 Å². The normalized spacial score (nSPS) is 10.1. The van der Waals surface area contributed by atoms with Crippen molar-refractivity contribution < 1.29 is 9.53 Å². The van der Waals surface area contributed by atoms with Crippen LogP contribution in [0.1, 0.15) is 15.9 Å². The van der Waals surface area contributed by atoms with Crippen molar-refractivity contribution in [1.82, 2.24) is 0 Å². The second-order valence-electron chi connectivity index (χ2n) is 4.17. The van der Waals surface area contributed by atoms with Crippen LogP contribution in [-0.2, 0) is 0 Å². The van der Waals surface area contributed by atoms with Crippen LogP contribution in [0.4, 0.5) is 5.69 Å². The van der Waals surface area contributed by atoms with E-state index in [1.54, 1.807) is 31.4 Å². The molecule has 0 radical (unpaired) electrons. The molecule has 0 aliphatic heterocycles. The molecule has 2 rings (SSSR count). The van der Waals surface area contributed by atoms with Crippen molar-refractivity contribution in [2.24, 2.45) is 0 Å². The largest absolute Gasteiger partial charge is 0.497 e. The number of anilines is 1. The zero-order valence-corrected chi connectivity index (χ0v) is 12.9. The Bertz CT molecular complexity index is 594. The highest BCUT2D eigenvalue weighted by atomic mass is 127. The second-order valence-corrected chi connectivity index (χ2v) is 5.33. The SMILES string of the molecule is COc1ccc(C(=O)Nc2ccc(C)cc2I)cc1. The third kappa shape index (κ3) is 3.47. The molecule has 0 saturated carbocycles. The zero-order chi connectivity index (χ0) is 13.8. The van der Waals surface area contributed by atoms with Crippen LogP contribution in [0.3, 0.4) is 0 Å². The zero-order valence-electron chi connectivity index (χ0n) is 10.7. The number of methoxy groups -OCH3 is 1. The molecule has 3 nitrogen and oxygen atoms in total. The Hall–Kier alpha value is -1.56. The summed E-state index contributed by atoms with van der Waals surface area (Å²) in [4.78, 5) is 12.1. The van der Waals surface area contributed by atoms with Crippen molar-refractivity contribution >= 4 is 34.2 Å². The maximum absolute atomic E-state index is 12.1. The number of nitrogens with one attached hydrogen (secondary N) is 1. The summed E-state index contributed by atoms with van der Waals surface area (Å²) in [6, 6.07) is 13.0. The molecule has 2 aromatic rings. The molecular weight excluding hydrogens is 353 g/mol. The summed E-state index contributed by atoms with van der Waals surface area (Å²) in [6.45, 7) is 2.03. The third-order valence-electron chi connectivity index (χ3n) is 2.72. The highest BCUT2D eigenvalue weighted by molar-refractivity contribution is 14.1. The molecular formula is C15H14INO2. The summed E-state index contributed by atoms with van der Waals surface area (Å²) in [7, 11) is 1.60. The molecule has 0 heterocycles. The number of carbonyl (C=O) groups is 1. The van der Waals surface area contributed by atoms with Crippen molar-refractivity contribution in [3.63, 3.8) is 0 Å². The van der Waals surface area contributed by atoms with E-state index in [0.717, 1.165) is 15.0 Å². The first kappa shape index (κ1) is 13.9. The fourth-order valence-electron chi connectivity index (χ4n) is 1.66. The molecule has 0 spiro atoms. The smallest absolute Gasteiger partial charge is 0.255 e. The van der Waals surface area contributed by atoms with E-state index in [4.69, 9.17) is 4.74 Å². The summed E-state index contributed by atoms with van der Waals surface area (Å²) >= 11 is 2.22. The van der Waals surface area contributed by atoms with E-state index in [9.17, 15) is 4.79 Å². The average Bonchev–Trinajstić information content (AvgIpc) is 2.42. The van der Waals surface area contributed by atoms with E-state index < -0.39 is 0 Å². The molecule has 0 bridgehead atoms. The predicted octanol–water partition coefficient (Wildman–Crippen LogP) is 3.86. The molecule has 0 aromatic heterocycles. The van der Waals surface area contributed by atoms with Crippen LogP contribution in [0.2, 0.25) is 0 Å². The van der Waals surface area contributed by atoms with Gasteiger partial charge in [-0.3, -0.25) is 4.79 Å². The molecule has 0 fully saturated rings. The fourth-order valence-corrected chi connectivity index (χ4v) is 2.46. The fraction of sp³-hybridized carbons (Fsp3) is 0.133. The third-order valence-corrected chi connectivity index (χ3v) is 3.62. The number of benzene rings is 2. The minimum absolute atomic E-state index is 0.121. The number of aryl methyl sites for hydroxylation is 1. The summed E-state index contributed by atoms with van der Waals surface area (Å²) in [6.07, 6.45) is 0. The number of rotatable bonds is 3. The lowest BCUT2D eigenvalue weighted by Crippen LogP contribution is -2.12. The van der Waals surface area contributed by atoms with Crippen LogP contribution >= 0.6 is 22.6 Å². The number of carbonyl (C=O) groups excluding carboxylic acids is 1. The predicted molar refractivity (Wildman–Crippen MR) is 84.8 cm³/mol. The molecule has 0 atom stereocenters. The second kappa shape index (κ2) is 6.06. The van der Waals surface area contributed by atoms with Gasteiger partial charge in [-0.1, -0.05) is 6.07 Å². The standard InChI is InChI=1S/C15H14INO2/c1-10-3-8-14(13(16)9-10)17-15(18)11-4-6-12(19-2)7-5-11/h3-9H,1-2H3,(H,17,18). The maximum atomic E-state index is 12.1. The first-order valence-corrected chi connectivity index (χ1v) is 6.89. The quantitative estimate of drug-likeness (QED) is 0.837. The maximum Gasteiger partial charge on any atom is 0.255 e. The van der Waals surface area contributed by atoms with E-state index >= 15 is 0 Å². The van der Waals surface area contributed by atoms with E-state index in [-0.39, 0.29) is 5.91 Å². The van der Waals surface area contributed by atoms with Gasteiger partial charge in [0, 0.05) is 9.13 Å². The molecule has 1 amide bonds. The van der Waals surface area contributed by atoms with Gasteiger partial charge in [0.15, 0.2) is 0 Å². The minimum Gasteiger partial charge on any atom is -0.497 e. The van der Waals surface area contributed by atoms with Gasteiger partial charge < -0.3 is 10.1 Å². The Balaban J connectivity index is 2.15. The lowest BCUT2D eigenvalue weighted by atomic mass is 10.2. The van der Waals surface area contributed by atoms with Gasteiger partial charge in [-0.2, -0.15) is 0 Å². The molecule has 1 N–H and O–H groups in total. The number of halogens is 1. The summed E-state index contributed by atoms with van der Waals surface area (Å²) < 4.78 is 6.09. The average molecular weight is 367 g/mol. The molecule has 0 aliphatic carbocycles. The van der Waals surface area contributed by atoms with Gasteiger partial charge in [-0.25, -0.2) is 0 Å². The van der Waals surface area contributed by atoms with Gasteiger partial charge in [0.2, 0.25) is 0 Å². The highest BCUT2D eigenvalue weighted by Crippen LogP contribution is 2.20. The topological polar surface area (TPSA) is 38.3 Å². The van der Waals surface area contributed by atoms with Gasteiger partial charge in [0.05, 0.1) is 12.8 Å². The van der Waals surface area contributed by atoms with Gasteiger partial charge in [0.1, 0.15) is 5.75 Å². The first-order valence-electron chi connectivity index (χ1n) is 5.81. The van der Waals surface area contributed by atoms with Crippen LogP contribution in [0, 0.1) is 10.5 Å². The molecule has 4 heteroatoms. The Morgan fingerprint density at radius 3 is 2.42 bits per heavy atom. The summed E-state index contributed by atoms with van der Waals surface area (Å²) in [5, 5.41) is 2.90. The lowest BCUT2D eigenvalue weighted by Gasteiger charge is -2.08. The number of hydrogen-bond acceptors (Lipinski definition) is 2. The Kier molecular flexibility index (Phi) is 4.42. The number of amides is 1. The van der Waals surface area contributed by atoms with Crippen LogP contribution in [0.25, 0.3) is 0 Å². The number of ether oxygens (including phenoxy) is 1. The molecule has 0 unspecified atom stereocenters. The Labute approximate surface area is 126 Å². The van der Waals surface area contributed by atoms with E-state index in [1.165, 1.54) is 5.56 Å².